The van der Waals surface area contributed by atoms with E-state index in [4.69, 9.17) is 4.74 Å². The number of rotatable bonds is 0. The number of hydrogen-bond donors (Lipinski definition) is 1. The highest BCUT2D eigenvalue weighted by Crippen LogP contribution is 2.61. The predicted octanol–water partition coefficient (Wildman–Crippen LogP) is 0.567. The van der Waals surface area contributed by atoms with E-state index >= 15 is 0 Å². The summed E-state index contributed by atoms with van der Waals surface area (Å²) in [5.41, 5.74) is 0. The van der Waals surface area contributed by atoms with Crippen molar-refractivity contribution in [2.75, 3.05) is 0 Å². The van der Waals surface area contributed by atoms with Crippen LogP contribution in [0.15, 0.2) is 12.2 Å². The van der Waals surface area contributed by atoms with E-state index in [0.717, 1.165) is 5.92 Å². The van der Waals surface area contributed by atoms with Crippen molar-refractivity contribution in [1.82, 2.24) is 0 Å². The maximum atomic E-state index is 9.87. The van der Waals surface area contributed by atoms with Gasteiger partial charge in [0.2, 0.25) is 0 Å². The van der Waals surface area contributed by atoms with E-state index in [-0.39, 0.29) is 12.2 Å². The number of hydrogen-bond acceptors (Lipinski definition) is 2. The highest BCUT2D eigenvalue weighted by Gasteiger charge is 2.68. The van der Waals surface area contributed by atoms with Crippen LogP contribution in [0, 0.1) is 23.7 Å². The average molecular weight is 164 g/mol. The fourth-order valence-corrected chi connectivity index (χ4v) is 3.78. The fraction of sp³-hybridized carbons (Fsp3) is 0.800. The van der Waals surface area contributed by atoms with Gasteiger partial charge in [-0.3, -0.25) is 0 Å². The van der Waals surface area contributed by atoms with Crippen LogP contribution < -0.4 is 0 Å². The molecule has 1 aliphatic heterocycles. The van der Waals surface area contributed by atoms with E-state index in [2.05, 4.69) is 12.2 Å². The van der Waals surface area contributed by atoms with Crippen LogP contribution >= 0.6 is 0 Å². The van der Waals surface area contributed by atoms with Gasteiger partial charge in [0.05, 0.1) is 12.2 Å². The Morgan fingerprint density at radius 3 is 2.58 bits per heavy atom. The van der Waals surface area contributed by atoms with Crippen molar-refractivity contribution in [2.24, 2.45) is 23.7 Å². The summed E-state index contributed by atoms with van der Waals surface area (Å²) in [6, 6.07) is 0. The van der Waals surface area contributed by atoms with E-state index < -0.39 is 0 Å². The molecule has 0 aromatic heterocycles. The number of epoxide rings is 1. The lowest BCUT2D eigenvalue weighted by Crippen LogP contribution is -2.29. The lowest BCUT2D eigenvalue weighted by Gasteiger charge is -2.25. The third-order valence-electron chi connectivity index (χ3n) is 4.25. The number of aliphatic hydroxyl groups is 1. The average Bonchev–Trinajstić information content (AvgIpc) is 2.49. The molecule has 2 heteroatoms. The largest absolute Gasteiger partial charge is 0.390 e. The first-order valence-electron chi connectivity index (χ1n) is 4.88. The predicted molar refractivity (Wildman–Crippen MR) is 42.4 cm³/mol. The van der Waals surface area contributed by atoms with Crippen LogP contribution in [-0.2, 0) is 4.74 Å². The van der Waals surface area contributed by atoms with E-state index in [9.17, 15) is 5.11 Å². The molecule has 3 fully saturated rings. The molecule has 64 valence electrons. The zero-order valence-corrected chi connectivity index (χ0v) is 6.76. The van der Waals surface area contributed by atoms with Gasteiger partial charge in [0, 0.05) is 0 Å². The lowest BCUT2D eigenvalue weighted by molar-refractivity contribution is 0.0364. The second-order valence-electron chi connectivity index (χ2n) is 4.66. The minimum Gasteiger partial charge on any atom is -0.390 e. The summed E-state index contributed by atoms with van der Waals surface area (Å²) in [5, 5.41) is 9.87. The van der Waals surface area contributed by atoms with Gasteiger partial charge < -0.3 is 9.84 Å². The van der Waals surface area contributed by atoms with Crippen LogP contribution in [0.1, 0.15) is 6.42 Å². The molecular formula is C10H12O2. The van der Waals surface area contributed by atoms with Gasteiger partial charge in [0.1, 0.15) is 6.10 Å². The highest BCUT2D eigenvalue weighted by atomic mass is 16.6. The quantitative estimate of drug-likeness (QED) is 0.419. The fourth-order valence-electron chi connectivity index (χ4n) is 3.78. The Hall–Kier alpha value is -0.340. The van der Waals surface area contributed by atoms with Crippen molar-refractivity contribution in [2.45, 2.75) is 24.7 Å². The standard InChI is InChI=1S/C10H12O2/c11-8-6-4-1-2-5(3-4)7(6)9-10(8)12-9/h1-2,4-11H,3H2/t4-,5+,6-,7+,8-,9-,10+/m0/s1. The first-order valence-corrected chi connectivity index (χ1v) is 4.88. The van der Waals surface area contributed by atoms with E-state index in [1.165, 1.54) is 6.42 Å². The molecule has 2 saturated carbocycles. The van der Waals surface area contributed by atoms with Crippen LogP contribution in [0.5, 0.6) is 0 Å². The molecule has 1 saturated heterocycles. The first kappa shape index (κ1) is 6.17. The zero-order valence-electron chi connectivity index (χ0n) is 6.76. The molecule has 0 amide bonds. The molecular weight excluding hydrogens is 152 g/mol. The smallest absolute Gasteiger partial charge is 0.111 e. The summed E-state index contributed by atoms with van der Waals surface area (Å²) in [4.78, 5) is 0. The second-order valence-corrected chi connectivity index (χ2v) is 4.66. The summed E-state index contributed by atoms with van der Waals surface area (Å²) in [6.45, 7) is 0. The second kappa shape index (κ2) is 1.64. The van der Waals surface area contributed by atoms with Gasteiger partial charge >= 0.3 is 0 Å². The minimum atomic E-state index is -0.153. The molecule has 0 radical (unpaired) electrons. The van der Waals surface area contributed by atoms with Gasteiger partial charge in [0.15, 0.2) is 0 Å². The van der Waals surface area contributed by atoms with Gasteiger partial charge in [-0.25, -0.2) is 0 Å². The van der Waals surface area contributed by atoms with Crippen LogP contribution in [-0.4, -0.2) is 23.4 Å². The van der Waals surface area contributed by atoms with Crippen molar-refractivity contribution >= 4 is 0 Å². The first-order chi connectivity index (χ1) is 5.86. The minimum absolute atomic E-state index is 0.153. The van der Waals surface area contributed by atoms with Gasteiger partial charge in [-0.15, -0.1) is 0 Å². The SMILES string of the molecule is O[C@@H]1[C@H]2O[C@H]2[C@H]2[C@@H]1[C@H]1C=C[C@@H]2C1. The third-order valence-corrected chi connectivity index (χ3v) is 4.25. The molecule has 1 N–H and O–H groups in total. The van der Waals surface area contributed by atoms with Crippen molar-refractivity contribution in [3.05, 3.63) is 12.2 Å². The Morgan fingerprint density at radius 2 is 1.83 bits per heavy atom. The Labute approximate surface area is 71.2 Å². The number of ether oxygens (including phenoxy) is 1. The maximum Gasteiger partial charge on any atom is 0.111 e. The summed E-state index contributed by atoms with van der Waals surface area (Å²) < 4.78 is 5.45. The highest BCUT2D eigenvalue weighted by molar-refractivity contribution is 5.24. The molecule has 2 bridgehead atoms. The molecule has 4 rings (SSSR count). The van der Waals surface area contributed by atoms with Crippen LogP contribution in [0.2, 0.25) is 0 Å². The van der Waals surface area contributed by atoms with E-state index in [0.29, 0.717) is 23.9 Å². The monoisotopic (exact) mass is 164 g/mol. The number of fused-ring (bicyclic) bond motifs is 7. The molecule has 1 heterocycles. The normalized spacial score (nSPS) is 69.9. The van der Waals surface area contributed by atoms with E-state index in [1.807, 2.05) is 0 Å². The maximum absolute atomic E-state index is 9.87. The summed E-state index contributed by atoms with van der Waals surface area (Å²) in [6.07, 6.45) is 6.40. The molecule has 0 unspecified atom stereocenters. The third kappa shape index (κ3) is 0.485. The Morgan fingerprint density at radius 1 is 1.08 bits per heavy atom. The van der Waals surface area contributed by atoms with E-state index in [1.54, 1.807) is 0 Å². The molecule has 0 spiro atoms. The topological polar surface area (TPSA) is 32.8 Å². The molecule has 2 nitrogen and oxygen atoms in total. The zero-order chi connectivity index (χ0) is 7.87. The molecule has 4 aliphatic rings. The lowest BCUT2D eigenvalue weighted by atomic mass is 9.84. The van der Waals surface area contributed by atoms with Gasteiger partial charge in [-0.1, -0.05) is 12.2 Å². The molecule has 7 atom stereocenters. The van der Waals surface area contributed by atoms with Crippen LogP contribution in [0.3, 0.4) is 0 Å². The molecule has 0 aromatic carbocycles. The summed E-state index contributed by atoms with van der Waals surface area (Å²) in [7, 11) is 0. The molecule has 0 aromatic rings. The Balaban J connectivity index is 1.81. The van der Waals surface area contributed by atoms with Gasteiger partial charge in [0.25, 0.3) is 0 Å². The Kier molecular flexibility index (Phi) is 0.840. The Bertz CT molecular complexity index is 261. The summed E-state index contributed by atoms with van der Waals surface area (Å²) in [5.74, 6) is 2.61. The number of aliphatic hydroxyl groups excluding tert-OH is 1. The molecule has 3 aliphatic carbocycles. The van der Waals surface area contributed by atoms with Gasteiger partial charge in [-0.05, 0) is 30.1 Å². The van der Waals surface area contributed by atoms with Crippen molar-refractivity contribution < 1.29 is 9.84 Å². The van der Waals surface area contributed by atoms with Gasteiger partial charge in [-0.2, -0.15) is 0 Å². The summed E-state index contributed by atoms with van der Waals surface area (Å²) >= 11 is 0. The van der Waals surface area contributed by atoms with Crippen molar-refractivity contribution in [3.8, 4) is 0 Å². The molecule has 12 heavy (non-hydrogen) atoms. The van der Waals surface area contributed by atoms with Crippen LogP contribution in [0.25, 0.3) is 0 Å². The number of allylic oxidation sites excluding steroid dienone is 2. The van der Waals surface area contributed by atoms with Crippen molar-refractivity contribution in [1.29, 1.82) is 0 Å². The van der Waals surface area contributed by atoms with Crippen molar-refractivity contribution in [3.63, 3.8) is 0 Å². The van der Waals surface area contributed by atoms with Crippen LogP contribution in [0.4, 0.5) is 0 Å².